The molecule has 0 aliphatic heterocycles. The van der Waals surface area contributed by atoms with E-state index in [1.165, 1.54) is 0 Å². The van der Waals surface area contributed by atoms with Gasteiger partial charge in [0.15, 0.2) is 0 Å². The molecule has 0 fully saturated rings. The quantitative estimate of drug-likeness (QED) is 0.762. The van der Waals surface area contributed by atoms with E-state index in [0.29, 0.717) is 6.54 Å². The molecule has 92 valence electrons. The van der Waals surface area contributed by atoms with Gasteiger partial charge in [-0.05, 0) is 19.1 Å². The summed E-state index contributed by atoms with van der Waals surface area (Å²) in [6.45, 7) is 2.46. The molecule has 0 amide bonds. The van der Waals surface area contributed by atoms with Crippen LogP contribution in [0, 0.1) is 6.92 Å². The molecule has 3 heterocycles. The summed E-state index contributed by atoms with van der Waals surface area (Å²) in [5, 5.41) is 14.3. The molecule has 0 atom stereocenters. The molecule has 5 nitrogen and oxygen atoms in total. The number of fused-ring (bicyclic) bond motifs is 1. The molecule has 0 aliphatic rings. The first-order chi connectivity index (χ1) is 8.78. The van der Waals surface area contributed by atoms with Crippen molar-refractivity contribution in [3.63, 3.8) is 0 Å². The smallest absolute Gasteiger partial charge is 0.140 e. The number of nitrogens with zero attached hydrogens (tertiary/aromatic N) is 3. The third-order valence-corrected chi connectivity index (χ3v) is 2.90. The second kappa shape index (κ2) is 4.27. The Hall–Kier alpha value is -2.14. The van der Waals surface area contributed by atoms with Crippen LogP contribution in [0.1, 0.15) is 17.0 Å². The van der Waals surface area contributed by atoms with Crippen LogP contribution in [-0.2, 0) is 13.2 Å². The molecule has 18 heavy (non-hydrogen) atoms. The maximum atomic E-state index is 9.34. The van der Waals surface area contributed by atoms with Gasteiger partial charge in [-0.2, -0.15) is 0 Å². The molecule has 1 N–H and O–H groups in total. The van der Waals surface area contributed by atoms with Crippen molar-refractivity contribution in [3.05, 3.63) is 47.6 Å². The normalized spacial score (nSPS) is 11.2. The van der Waals surface area contributed by atoms with Crippen LogP contribution in [0.2, 0.25) is 0 Å². The van der Waals surface area contributed by atoms with Gasteiger partial charge in [0.25, 0.3) is 0 Å². The first-order valence-electron chi connectivity index (χ1n) is 5.73. The van der Waals surface area contributed by atoms with Crippen LogP contribution in [0.4, 0.5) is 0 Å². The Balaban J connectivity index is 2.06. The summed E-state index contributed by atoms with van der Waals surface area (Å²) in [6.07, 6.45) is 3.65. The maximum Gasteiger partial charge on any atom is 0.140 e. The molecule has 0 aliphatic carbocycles. The lowest BCUT2D eigenvalue weighted by Gasteiger charge is -2.00. The van der Waals surface area contributed by atoms with E-state index in [1.807, 2.05) is 35.9 Å². The highest BCUT2D eigenvalue weighted by atomic mass is 16.5. The van der Waals surface area contributed by atoms with Gasteiger partial charge in [0.05, 0.1) is 13.2 Å². The van der Waals surface area contributed by atoms with Gasteiger partial charge in [0.2, 0.25) is 0 Å². The Morgan fingerprint density at radius 1 is 1.44 bits per heavy atom. The van der Waals surface area contributed by atoms with Crippen molar-refractivity contribution in [3.8, 4) is 0 Å². The molecule has 0 radical (unpaired) electrons. The van der Waals surface area contributed by atoms with Gasteiger partial charge in [-0.1, -0.05) is 5.16 Å². The van der Waals surface area contributed by atoms with E-state index in [1.54, 1.807) is 6.20 Å². The number of aromatic nitrogens is 3. The van der Waals surface area contributed by atoms with E-state index in [0.717, 1.165) is 28.1 Å². The van der Waals surface area contributed by atoms with E-state index >= 15 is 0 Å². The predicted octanol–water partition coefficient (Wildman–Crippen LogP) is 1.87. The van der Waals surface area contributed by atoms with Crippen LogP contribution in [0.3, 0.4) is 0 Å². The minimum atomic E-state index is 0.00698. The molecule has 0 unspecified atom stereocenters. The lowest BCUT2D eigenvalue weighted by molar-refractivity contribution is 0.283. The molecular formula is C13H13N3O2. The lowest BCUT2D eigenvalue weighted by Crippen LogP contribution is -1.99. The summed E-state index contributed by atoms with van der Waals surface area (Å²) in [6, 6.07) is 5.72. The summed E-state index contributed by atoms with van der Waals surface area (Å²) < 4.78 is 7.02. The fourth-order valence-corrected chi connectivity index (χ4v) is 2.11. The van der Waals surface area contributed by atoms with Crippen molar-refractivity contribution in [1.29, 1.82) is 0 Å². The monoisotopic (exact) mass is 243 g/mol. The molecule has 3 aromatic heterocycles. The summed E-state index contributed by atoms with van der Waals surface area (Å²) in [5.41, 5.74) is 2.57. The van der Waals surface area contributed by atoms with Crippen LogP contribution < -0.4 is 0 Å². The second-order valence-corrected chi connectivity index (χ2v) is 4.24. The van der Waals surface area contributed by atoms with E-state index < -0.39 is 0 Å². The van der Waals surface area contributed by atoms with Gasteiger partial charge in [-0.25, -0.2) is 4.98 Å². The average Bonchev–Trinajstić information content (AvgIpc) is 2.95. The maximum absolute atomic E-state index is 9.34. The van der Waals surface area contributed by atoms with Crippen molar-refractivity contribution in [2.75, 3.05) is 0 Å². The number of rotatable bonds is 3. The number of aliphatic hydroxyl groups is 1. The highest BCUT2D eigenvalue weighted by Gasteiger charge is 2.10. The van der Waals surface area contributed by atoms with Crippen molar-refractivity contribution in [2.24, 2.45) is 0 Å². The first-order valence-corrected chi connectivity index (χ1v) is 5.73. The van der Waals surface area contributed by atoms with Crippen LogP contribution >= 0.6 is 0 Å². The Labute approximate surface area is 104 Å². The molecule has 0 spiro atoms. The lowest BCUT2D eigenvalue weighted by atomic mass is 10.2. The number of aliphatic hydroxyl groups excluding tert-OH is 1. The SMILES string of the molecule is Cc1cc(Cn2cc(CO)c3cccnc32)no1. The molecule has 0 aromatic carbocycles. The highest BCUT2D eigenvalue weighted by Crippen LogP contribution is 2.20. The Morgan fingerprint density at radius 2 is 2.33 bits per heavy atom. The van der Waals surface area contributed by atoms with Crippen molar-refractivity contribution in [1.82, 2.24) is 14.7 Å². The Bertz CT molecular complexity index is 684. The van der Waals surface area contributed by atoms with Gasteiger partial charge < -0.3 is 14.2 Å². The van der Waals surface area contributed by atoms with Crippen molar-refractivity contribution in [2.45, 2.75) is 20.1 Å². The van der Waals surface area contributed by atoms with E-state index in [-0.39, 0.29) is 6.61 Å². The predicted molar refractivity (Wildman–Crippen MR) is 66.0 cm³/mol. The average molecular weight is 243 g/mol. The zero-order chi connectivity index (χ0) is 12.5. The van der Waals surface area contributed by atoms with Crippen LogP contribution in [-0.4, -0.2) is 19.8 Å². The van der Waals surface area contributed by atoms with E-state index in [2.05, 4.69) is 10.1 Å². The number of hydrogen-bond acceptors (Lipinski definition) is 4. The molecule has 3 aromatic rings. The van der Waals surface area contributed by atoms with E-state index in [4.69, 9.17) is 4.52 Å². The van der Waals surface area contributed by atoms with Gasteiger partial charge in [-0.15, -0.1) is 0 Å². The van der Waals surface area contributed by atoms with Gasteiger partial charge in [0.1, 0.15) is 17.1 Å². The zero-order valence-corrected chi connectivity index (χ0v) is 10.00. The minimum Gasteiger partial charge on any atom is -0.392 e. The second-order valence-electron chi connectivity index (χ2n) is 4.24. The largest absolute Gasteiger partial charge is 0.392 e. The standard InChI is InChI=1S/C13H13N3O2/c1-9-5-11(15-18-9)7-16-6-10(8-17)12-3-2-4-14-13(12)16/h2-6,17H,7-8H2,1H3. The third kappa shape index (κ3) is 1.78. The van der Waals surface area contributed by atoms with Crippen molar-refractivity contribution >= 4 is 11.0 Å². The summed E-state index contributed by atoms with van der Waals surface area (Å²) in [5.74, 6) is 0.789. The van der Waals surface area contributed by atoms with Gasteiger partial charge >= 0.3 is 0 Å². The third-order valence-electron chi connectivity index (χ3n) is 2.90. The number of pyridine rings is 1. The topological polar surface area (TPSA) is 64.1 Å². The Morgan fingerprint density at radius 3 is 3.06 bits per heavy atom. The Kier molecular flexibility index (Phi) is 2.60. The molecule has 0 saturated heterocycles. The van der Waals surface area contributed by atoms with E-state index in [9.17, 15) is 5.11 Å². The fraction of sp³-hybridized carbons (Fsp3) is 0.231. The molecule has 3 rings (SSSR count). The highest BCUT2D eigenvalue weighted by molar-refractivity contribution is 5.80. The van der Waals surface area contributed by atoms with Gasteiger partial charge in [0, 0.05) is 29.4 Å². The van der Waals surface area contributed by atoms with Crippen LogP contribution in [0.5, 0.6) is 0 Å². The minimum absolute atomic E-state index is 0.00698. The first kappa shape index (κ1) is 11.0. The number of aryl methyl sites for hydroxylation is 1. The molecule has 0 saturated carbocycles. The summed E-state index contributed by atoms with van der Waals surface area (Å²) >= 11 is 0. The van der Waals surface area contributed by atoms with Crippen LogP contribution in [0.25, 0.3) is 11.0 Å². The van der Waals surface area contributed by atoms with Crippen LogP contribution in [0.15, 0.2) is 35.1 Å². The van der Waals surface area contributed by atoms with Crippen molar-refractivity contribution < 1.29 is 9.63 Å². The number of hydrogen-bond donors (Lipinski definition) is 1. The summed E-state index contributed by atoms with van der Waals surface area (Å²) in [4.78, 5) is 4.35. The fourth-order valence-electron chi connectivity index (χ4n) is 2.11. The van der Waals surface area contributed by atoms with Gasteiger partial charge in [-0.3, -0.25) is 0 Å². The molecular weight excluding hydrogens is 230 g/mol. The zero-order valence-electron chi connectivity index (χ0n) is 10.00. The summed E-state index contributed by atoms with van der Waals surface area (Å²) in [7, 11) is 0. The molecule has 0 bridgehead atoms. The molecule has 5 heteroatoms.